The number of benzene rings is 1. The summed E-state index contributed by atoms with van der Waals surface area (Å²) in [5.74, 6) is 0.112. The van der Waals surface area contributed by atoms with Gasteiger partial charge in [0.2, 0.25) is 5.95 Å². The van der Waals surface area contributed by atoms with Crippen molar-refractivity contribution in [2.45, 2.75) is 109 Å². The molecule has 2 fully saturated rings. The van der Waals surface area contributed by atoms with E-state index in [1.807, 2.05) is 13.8 Å². The molecule has 4 heterocycles. The van der Waals surface area contributed by atoms with Crippen molar-refractivity contribution in [1.29, 1.82) is 0 Å². The summed E-state index contributed by atoms with van der Waals surface area (Å²) in [6, 6.07) is 0.286. The summed E-state index contributed by atoms with van der Waals surface area (Å²) in [5, 5.41) is 4.15. The van der Waals surface area contributed by atoms with Crippen molar-refractivity contribution in [2.75, 3.05) is 18.0 Å². The number of ether oxygens (including phenoxy) is 2. The van der Waals surface area contributed by atoms with Gasteiger partial charge in [0.25, 0.3) is 0 Å². The number of halogens is 6. The van der Waals surface area contributed by atoms with Crippen LogP contribution >= 0.6 is 0 Å². The average molecular weight is 740 g/mol. The van der Waals surface area contributed by atoms with Gasteiger partial charge in [-0.3, -0.25) is 4.68 Å². The minimum atomic E-state index is -5.01. The van der Waals surface area contributed by atoms with Crippen LogP contribution in [-0.2, 0) is 35.4 Å². The molecular weight excluding hydrogens is 696 g/mol. The normalized spacial score (nSPS) is 20.0. The molecule has 2 amide bonds. The van der Waals surface area contributed by atoms with Gasteiger partial charge in [-0.2, -0.15) is 31.4 Å². The zero-order valence-corrected chi connectivity index (χ0v) is 29.8. The monoisotopic (exact) mass is 739 g/mol. The standard InChI is InChI=1S/C35H43F6N7O4/c1-7-26-12-28(13-27(8-2)48(26)32(50)51-29-19-46(20-29)31(49)52-33(3,4)5)47(30-42-14-22(15-43-30)23-16-44-45(6)18-23)17-21-9-24(34(36,37)38)11-25(10-21)35(39,40)41/h9-11,14-16,18,26-29H,7-8,12-13,17,19-20H2,1-6H3/t26-,27+,28+. The third-order valence-corrected chi connectivity index (χ3v) is 9.17. The second-order valence-electron chi connectivity index (χ2n) is 14.3. The summed E-state index contributed by atoms with van der Waals surface area (Å²) in [4.78, 5) is 39.8. The number of aryl methyl sites for hydroxylation is 1. The smallest absolute Gasteiger partial charge is 0.416 e. The van der Waals surface area contributed by atoms with Crippen molar-refractivity contribution >= 4 is 18.1 Å². The van der Waals surface area contributed by atoms with Crippen LogP contribution in [0, 0.1) is 0 Å². The maximum Gasteiger partial charge on any atom is 0.416 e. The zero-order valence-electron chi connectivity index (χ0n) is 29.8. The van der Waals surface area contributed by atoms with E-state index in [2.05, 4.69) is 15.1 Å². The lowest BCUT2D eigenvalue weighted by molar-refractivity contribution is -0.143. The van der Waals surface area contributed by atoms with E-state index in [0.717, 1.165) is 5.56 Å². The van der Waals surface area contributed by atoms with E-state index in [1.54, 1.807) is 54.7 Å². The number of piperidine rings is 1. The van der Waals surface area contributed by atoms with Gasteiger partial charge in [-0.05, 0) is 70.2 Å². The number of likely N-dealkylation sites (tertiary alicyclic amines) is 2. The minimum absolute atomic E-state index is 0.103. The van der Waals surface area contributed by atoms with Gasteiger partial charge in [-0.15, -0.1) is 0 Å². The van der Waals surface area contributed by atoms with Gasteiger partial charge in [0.05, 0.1) is 30.4 Å². The molecule has 17 heteroatoms. The highest BCUT2D eigenvalue weighted by Crippen LogP contribution is 2.38. The molecule has 0 saturated carbocycles. The first-order valence-electron chi connectivity index (χ1n) is 17.1. The van der Waals surface area contributed by atoms with E-state index < -0.39 is 53.4 Å². The molecule has 0 bridgehead atoms. The summed E-state index contributed by atoms with van der Waals surface area (Å²) in [6.45, 7) is 9.05. The van der Waals surface area contributed by atoms with Crippen LogP contribution in [0.4, 0.5) is 41.9 Å². The minimum Gasteiger partial charge on any atom is -0.444 e. The number of rotatable bonds is 8. The highest BCUT2D eigenvalue weighted by atomic mass is 19.4. The number of carbonyl (C=O) groups excluding carboxylic acids is 2. The Hall–Kier alpha value is -4.57. The Labute approximate surface area is 297 Å². The van der Waals surface area contributed by atoms with Crippen LogP contribution < -0.4 is 4.90 Å². The summed E-state index contributed by atoms with van der Waals surface area (Å²) >= 11 is 0. The molecule has 0 radical (unpaired) electrons. The fourth-order valence-electron chi connectivity index (χ4n) is 6.58. The summed E-state index contributed by atoms with van der Waals surface area (Å²) < 4.78 is 95.8. The van der Waals surface area contributed by atoms with Gasteiger partial charge >= 0.3 is 24.5 Å². The van der Waals surface area contributed by atoms with Gasteiger partial charge < -0.3 is 24.2 Å². The van der Waals surface area contributed by atoms with Gasteiger partial charge in [-0.25, -0.2) is 19.6 Å². The number of amides is 2. The summed E-state index contributed by atoms with van der Waals surface area (Å²) in [7, 11) is 1.74. The molecule has 0 aliphatic carbocycles. The van der Waals surface area contributed by atoms with E-state index in [9.17, 15) is 35.9 Å². The molecule has 2 saturated heterocycles. The molecule has 2 aliphatic rings. The maximum absolute atomic E-state index is 13.8. The van der Waals surface area contributed by atoms with Crippen LogP contribution in [0.5, 0.6) is 0 Å². The van der Waals surface area contributed by atoms with Crippen molar-refractivity contribution in [3.05, 3.63) is 59.7 Å². The number of anilines is 1. The number of nitrogens with zero attached hydrogens (tertiary/aromatic N) is 7. The Kier molecular flexibility index (Phi) is 11.0. The van der Waals surface area contributed by atoms with Crippen LogP contribution in [0.15, 0.2) is 43.0 Å². The lowest BCUT2D eigenvalue weighted by atomic mass is 9.87. The number of aromatic nitrogens is 4. The summed E-state index contributed by atoms with van der Waals surface area (Å²) in [5.41, 5.74) is -2.38. The van der Waals surface area contributed by atoms with Crippen molar-refractivity contribution < 1.29 is 45.4 Å². The second kappa shape index (κ2) is 14.8. The third-order valence-electron chi connectivity index (χ3n) is 9.17. The lowest BCUT2D eigenvalue weighted by Gasteiger charge is -2.48. The predicted molar refractivity (Wildman–Crippen MR) is 178 cm³/mol. The van der Waals surface area contributed by atoms with Gasteiger partial charge in [0.1, 0.15) is 11.7 Å². The Morgan fingerprint density at radius 3 is 1.87 bits per heavy atom. The van der Waals surface area contributed by atoms with Crippen molar-refractivity contribution in [3.63, 3.8) is 0 Å². The van der Waals surface area contributed by atoms with E-state index >= 15 is 0 Å². The molecular formula is C35H43F6N7O4. The van der Waals surface area contributed by atoms with Crippen molar-refractivity contribution in [2.24, 2.45) is 7.05 Å². The predicted octanol–water partition coefficient (Wildman–Crippen LogP) is 7.70. The number of hydrogen-bond donors (Lipinski definition) is 0. The first-order valence-corrected chi connectivity index (χ1v) is 17.1. The quantitative estimate of drug-likeness (QED) is 0.217. The SMILES string of the molecule is CC[C@@H]1C[C@H](N(Cc2cc(C(F)(F)F)cc(C(F)(F)F)c2)c2ncc(-c3cnn(C)c3)cn2)C[C@H](CC)N1C(=O)OC1CN(C(=O)OC(C)(C)C)C1. The molecule has 3 atom stereocenters. The van der Waals surface area contributed by atoms with Crippen molar-refractivity contribution in [3.8, 4) is 11.1 Å². The fraction of sp³-hybridized carbons (Fsp3) is 0.571. The van der Waals surface area contributed by atoms with Crippen LogP contribution in [0.1, 0.15) is 77.0 Å². The molecule has 3 aromatic rings. The van der Waals surface area contributed by atoms with Crippen LogP contribution in [0.2, 0.25) is 0 Å². The number of carbonyl (C=O) groups is 2. The average Bonchev–Trinajstić information content (AvgIpc) is 3.48. The van der Waals surface area contributed by atoms with Gasteiger partial charge in [-0.1, -0.05) is 13.8 Å². The molecule has 11 nitrogen and oxygen atoms in total. The number of hydrogen-bond acceptors (Lipinski definition) is 8. The Morgan fingerprint density at radius 2 is 1.40 bits per heavy atom. The topological polar surface area (TPSA) is 106 Å². The molecule has 1 aromatic carbocycles. The molecule has 52 heavy (non-hydrogen) atoms. The lowest BCUT2D eigenvalue weighted by Crippen LogP contribution is -2.60. The molecule has 0 spiro atoms. The second-order valence-corrected chi connectivity index (χ2v) is 14.3. The number of alkyl halides is 6. The van der Waals surface area contributed by atoms with E-state index in [-0.39, 0.29) is 49.3 Å². The largest absolute Gasteiger partial charge is 0.444 e. The fourth-order valence-corrected chi connectivity index (χ4v) is 6.58. The third kappa shape index (κ3) is 9.07. The molecule has 5 rings (SSSR count). The van der Waals surface area contributed by atoms with E-state index in [0.29, 0.717) is 43.4 Å². The Bertz CT molecular complexity index is 1670. The van der Waals surface area contributed by atoms with Crippen molar-refractivity contribution in [1.82, 2.24) is 29.5 Å². The van der Waals surface area contributed by atoms with Crippen LogP contribution in [-0.4, -0.2) is 84.7 Å². The highest BCUT2D eigenvalue weighted by molar-refractivity contribution is 5.71. The molecule has 2 aromatic heterocycles. The molecule has 0 unspecified atom stereocenters. The Balaban J connectivity index is 1.42. The summed E-state index contributed by atoms with van der Waals surface area (Å²) in [6.07, 6.45) is -3.57. The van der Waals surface area contributed by atoms with E-state index in [4.69, 9.17) is 9.47 Å². The molecule has 0 N–H and O–H groups in total. The van der Waals surface area contributed by atoms with E-state index in [1.165, 1.54) is 17.3 Å². The molecule has 284 valence electrons. The highest BCUT2D eigenvalue weighted by Gasteiger charge is 2.44. The first-order chi connectivity index (χ1) is 24.2. The van der Waals surface area contributed by atoms with Crippen LogP contribution in [0.3, 0.4) is 0 Å². The molecule has 2 aliphatic heterocycles. The van der Waals surface area contributed by atoms with Crippen LogP contribution in [0.25, 0.3) is 11.1 Å². The van der Waals surface area contributed by atoms with Gasteiger partial charge in [0.15, 0.2) is 0 Å². The maximum atomic E-state index is 13.8. The zero-order chi connectivity index (χ0) is 38.2. The van der Waals surface area contributed by atoms with Gasteiger partial charge in [0, 0.05) is 61.4 Å². The first kappa shape index (κ1) is 38.7. The Morgan fingerprint density at radius 1 is 0.846 bits per heavy atom.